The van der Waals surface area contributed by atoms with Crippen molar-refractivity contribution < 1.29 is 13.2 Å². The van der Waals surface area contributed by atoms with E-state index in [0.29, 0.717) is 18.2 Å². The lowest BCUT2D eigenvalue weighted by Crippen LogP contribution is -2.09. The summed E-state index contributed by atoms with van der Waals surface area (Å²) >= 11 is 0. The molecule has 1 aromatic carbocycles. The molecule has 0 bridgehead atoms. The van der Waals surface area contributed by atoms with Crippen LogP contribution in [0.5, 0.6) is 0 Å². The van der Waals surface area contributed by atoms with Crippen LogP contribution in [0.3, 0.4) is 0 Å². The van der Waals surface area contributed by atoms with Crippen molar-refractivity contribution in [1.82, 2.24) is 0 Å². The first-order chi connectivity index (χ1) is 8.30. The van der Waals surface area contributed by atoms with Gasteiger partial charge in [-0.15, -0.1) is 0 Å². The molecule has 102 valence electrons. The summed E-state index contributed by atoms with van der Waals surface area (Å²) in [6.45, 7) is 4.98. The summed E-state index contributed by atoms with van der Waals surface area (Å²) in [5.74, 6) is 0.622. The van der Waals surface area contributed by atoms with Gasteiger partial charge >= 0.3 is 6.18 Å². The maximum atomic E-state index is 12.4. The molecule has 2 nitrogen and oxygen atoms in total. The number of benzene rings is 1. The molecule has 0 saturated carbocycles. The Morgan fingerprint density at radius 1 is 1.28 bits per heavy atom. The van der Waals surface area contributed by atoms with Crippen LogP contribution < -0.4 is 11.1 Å². The Hall–Kier alpha value is -1.39. The van der Waals surface area contributed by atoms with E-state index >= 15 is 0 Å². The molecule has 0 aliphatic rings. The van der Waals surface area contributed by atoms with Crippen LogP contribution in [-0.2, 0) is 6.18 Å². The van der Waals surface area contributed by atoms with Crippen LogP contribution in [0.4, 0.5) is 24.5 Å². The van der Waals surface area contributed by atoms with Gasteiger partial charge < -0.3 is 11.1 Å². The number of alkyl halides is 3. The molecule has 0 amide bonds. The molecule has 1 rings (SSSR count). The number of rotatable bonds is 5. The zero-order valence-corrected chi connectivity index (χ0v) is 10.6. The number of anilines is 2. The maximum Gasteiger partial charge on any atom is 0.416 e. The third-order valence-corrected chi connectivity index (χ3v) is 2.65. The highest BCUT2D eigenvalue weighted by molar-refractivity contribution is 5.67. The van der Waals surface area contributed by atoms with Gasteiger partial charge in [0.2, 0.25) is 0 Å². The summed E-state index contributed by atoms with van der Waals surface area (Å²) in [6.07, 6.45) is -2.30. The molecule has 0 spiro atoms. The standard InChI is InChI=1S/C13H19F3N2/c1-9(2)4-3-7-18-12-6-5-10(8-11(12)17)13(14,15)16/h5-6,8-9,18H,3-4,7,17H2,1-2H3. The van der Waals surface area contributed by atoms with Gasteiger partial charge in [0, 0.05) is 6.54 Å². The molecule has 3 N–H and O–H groups in total. The Bertz CT molecular complexity index is 386. The van der Waals surface area contributed by atoms with E-state index in [-0.39, 0.29) is 5.69 Å². The Labute approximate surface area is 105 Å². The molecule has 0 atom stereocenters. The molecule has 0 fully saturated rings. The Balaban J connectivity index is 2.58. The summed E-state index contributed by atoms with van der Waals surface area (Å²) in [7, 11) is 0. The Morgan fingerprint density at radius 3 is 2.44 bits per heavy atom. The van der Waals surface area contributed by atoms with Gasteiger partial charge in [-0.1, -0.05) is 13.8 Å². The van der Waals surface area contributed by atoms with Gasteiger partial charge in [0.1, 0.15) is 0 Å². The normalized spacial score (nSPS) is 11.9. The van der Waals surface area contributed by atoms with Crippen molar-refractivity contribution in [1.29, 1.82) is 0 Å². The van der Waals surface area contributed by atoms with E-state index in [0.717, 1.165) is 25.0 Å². The van der Waals surface area contributed by atoms with Gasteiger partial charge in [-0.05, 0) is 37.0 Å². The molecular weight excluding hydrogens is 241 g/mol. The first kappa shape index (κ1) is 14.7. The topological polar surface area (TPSA) is 38.0 Å². The summed E-state index contributed by atoms with van der Waals surface area (Å²) in [6, 6.07) is 3.39. The molecule has 0 aromatic heterocycles. The van der Waals surface area contributed by atoms with Crippen LogP contribution in [-0.4, -0.2) is 6.54 Å². The minimum atomic E-state index is -4.34. The quantitative estimate of drug-likeness (QED) is 0.617. The highest BCUT2D eigenvalue weighted by Crippen LogP contribution is 2.32. The lowest BCUT2D eigenvalue weighted by molar-refractivity contribution is -0.137. The lowest BCUT2D eigenvalue weighted by atomic mass is 10.1. The zero-order valence-electron chi connectivity index (χ0n) is 10.6. The predicted molar refractivity (Wildman–Crippen MR) is 68.4 cm³/mol. The van der Waals surface area contributed by atoms with Gasteiger partial charge in [-0.3, -0.25) is 0 Å². The average Bonchev–Trinajstić information content (AvgIpc) is 2.24. The second-order valence-corrected chi connectivity index (χ2v) is 4.76. The van der Waals surface area contributed by atoms with Crippen molar-refractivity contribution in [2.24, 2.45) is 5.92 Å². The molecular formula is C13H19F3N2. The second-order valence-electron chi connectivity index (χ2n) is 4.76. The molecule has 0 saturated heterocycles. The van der Waals surface area contributed by atoms with Crippen molar-refractivity contribution in [3.05, 3.63) is 23.8 Å². The highest BCUT2D eigenvalue weighted by Gasteiger charge is 2.30. The summed E-state index contributed by atoms with van der Waals surface area (Å²) in [4.78, 5) is 0. The van der Waals surface area contributed by atoms with Crippen molar-refractivity contribution in [3.8, 4) is 0 Å². The minimum Gasteiger partial charge on any atom is -0.397 e. The zero-order chi connectivity index (χ0) is 13.8. The van der Waals surface area contributed by atoms with Crippen LogP contribution in [0.2, 0.25) is 0 Å². The second kappa shape index (κ2) is 5.98. The van der Waals surface area contributed by atoms with E-state index in [1.807, 2.05) is 0 Å². The molecule has 5 heteroatoms. The van der Waals surface area contributed by atoms with Crippen molar-refractivity contribution in [2.75, 3.05) is 17.6 Å². The van der Waals surface area contributed by atoms with Gasteiger partial charge in [0.15, 0.2) is 0 Å². The fraction of sp³-hybridized carbons (Fsp3) is 0.538. The van der Waals surface area contributed by atoms with Crippen LogP contribution in [0.15, 0.2) is 18.2 Å². The van der Waals surface area contributed by atoms with Crippen LogP contribution in [0.25, 0.3) is 0 Å². The average molecular weight is 260 g/mol. The molecule has 1 aromatic rings. The highest BCUT2D eigenvalue weighted by atomic mass is 19.4. The van der Waals surface area contributed by atoms with Crippen molar-refractivity contribution >= 4 is 11.4 Å². The van der Waals surface area contributed by atoms with Gasteiger partial charge in [0.05, 0.1) is 16.9 Å². The summed E-state index contributed by atoms with van der Waals surface area (Å²) in [5, 5.41) is 3.05. The third kappa shape index (κ3) is 4.47. The van der Waals surface area contributed by atoms with Crippen LogP contribution in [0.1, 0.15) is 32.3 Å². The van der Waals surface area contributed by atoms with E-state index in [4.69, 9.17) is 5.73 Å². The first-order valence-corrected chi connectivity index (χ1v) is 6.01. The molecule has 0 unspecified atom stereocenters. The lowest BCUT2D eigenvalue weighted by Gasteiger charge is -2.13. The van der Waals surface area contributed by atoms with E-state index in [9.17, 15) is 13.2 Å². The minimum absolute atomic E-state index is 0.134. The summed E-state index contributed by atoms with van der Waals surface area (Å²) < 4.78 is 37.3. The first-order valence-electron chi connectivity index (χ1n) is 6.01. The third-order valence-electron chi connectivity index (χ3n) is 2.65. The fourth-order valence-electron chi connectivity index (χ4n) is 1.63. The molecule has 0 radical (unpaired) electrons. The van der Waals surface area contributed by atoms with E-state index in [1.165, 1.54) is 6.07 Å². The van der Waals surface area contributed by atoms with Gasteiger partial charge in [-0.2, -0.15) is 13.2 Å². The van der Waals surface area contributed by atoms with Crippen LogP contribution >= 0.6 is 0 Å². The maximum absolute atomic E-state index is 12.4. The fourth-order valence-corrected chi connectivity index (χ4v) is 1.63. The molecule has 0 aliphatic carbocycles. The van der Waals surface area contributed by atoms with E-state index in [1.54, 1.807) is 0 Å². The number of nitrogens with two attached hydrogens (primary N) is 1. The van der Waals surface area contributed by atoms with Gasteiger partial charge in [-0.25, -0.2) is 0 Å². The van der Waals surface area contributed by atoms with Gasteiger partial charge in [0.25, 0.3) is 0 Å². The van der Waals surface area contributed by atoms with Crippen molar-refractivity contribution in [3.63, 3.8) is 0 Å². The van der Waals surface area contributed by atoms with Crippen molar-refractivity contribution in [2.45, 2.75) is 32.9 Å². The smallest absolute Gasteiger partial charge is 0.397 e. The Kier molecular flexibility index (Phi) is 4.87. The SMILES string of the molecule is CC(C)CCCNc1ccc(C(F)(F)F)cc1N. The van der Waals surface area contributed by atoms with Crippen LogP contribution in [0, 0.1) is 5.92 Å². The largest absolute Gasteiger partial charge is 0.416 e. The number of nitrogen functional groups attached to an aromatic ring is 1. The molecule has 0 aliphatic heterocycles. The molecule has 0 heterocycles. The predicted octanol–water partition coefficient (Wildman–Crippen LogP) is 4.14. The van der Waals surface area contributed by atoms with E-state index in [2.05, 4.69) is 19.2 Å². The number of halogens is 3. The monoisotopic (exact) mass is 260 g/mol. The number of nitrogens with one attached hydrogen (secondary N) is 1. The Morgan fingerprint density at radius 2 is 1.94 bits per heavy atom. The van der Waals surface area contributed by atoms with E-state index < -0.39 is 11.7 Å². The number of hydrogen-bond acceptors (Lipinski definition) is 2. The summed E-state index contributed by atoms with van der Waals surface area (Å²) in [5.41, 5.74) is 5.58. The number of hydrogen-bond donors (Lipinski definition) is 2. The molecule has 18 heavy (non-hydrogen) atoms.